The number of aliphatic carboxylic acids is 1. The van der Waals surface area contributed by atoms with Gasteiger partial charge in [0.2, 0.25) is 0 Å². The number of cyclic esters (lactones) is 1. The molecule has 0 saturated carbocycles. The number of carboxylic acids is 1. The maximum absolute atomic E-state index is 11.5. The van der Waals surface area contributed by atoms with Gasteiger partial charge in [0.05, 0.1) is 6.42 Å². The number of aliphatic hydroxyl groups is 1. The quantitative estimate of drug-likeness (QED) is 0.0913. The van der Waals surface area contributed by atoms with E-state index in [1.54, 1.807) is 12.1 Å². The Morgan fingerprint density at radius 2 is 1.38 bits per heavy atom. The first-order valence-electron chi connectivity index (χ1n) is 13.7. The summed E-state index contributed by atoms with van der Waals surface area (Å²) in [4.78, 5) is 43.9. The van der Waals surface area contributed by atoms with Gasteiger partial charge in [-0.15, -0.1) is 12.4 Å². The first kappa shape index (κ1) is 41.2. The molecule has 1 saturated heterocycles. The van der Waals surface area contributed by atoms with Gasteiger partial charge in [-0.05, 0) is 0 Å². The normalized spacial score (nSPS) is 14.2. The number of carboxylic acid groups (broad SMARTS) is 1. The van der Waals surface area contributed by atoms with E-state index < -0.39 is 30.0 Å². The number of aliphatic hydroxyl groups excluding tert-OH is 1. The van der Waals surface area contributed by atoms with Gasteiger partial charge in [0, 0.05) is 6.04 Å². The van der Waals surface area contributed by atoms with E-state index in [4.69, 9.17) is 25.4 Å². The fourth-order valence-electron chi connectivity index (χ4n) is 3.35. The minimum atomic E-state index is -1.20. The van der Waals surface area contributed by atoms with Crippen molar-refractivity contribution in [1.29, 1.82) is 0 Å². The predicted octanol–water partition coefficient (Wildman–Crippen LogP) is -0.0701. The van der Waals surface area contributed by atoms with Gasteiger partial charge in [-0.25, -0.2) is 0 Å². The number of carbonyl (C=O) groups is 4. The zero-order valence-electron chi connectivity index (χ0n) is 24.6. The van der Waals surface area contributed by atoms with Gasteiger partial charge < -0.3 is 10.5 Å². The molecule has 2 aromatic carbocycles. The average molecular weight is 650 g/mol. The molecule has 1 aliphatic heterocycles. The molecule has 1 fully saturated rings. The summed E-state index contributed by atoms with van der Waals surface area (Å²) in [6, 6.07) is 16.8. The number of halogens is 1. The summed E-state index contributed by atoms with van der Waals surface area (Å²) in [5, 5.41) is 23.0. The Morgan fingerprint density at radius 3 is 1.76 bits per heavy atom. The number of esters is 3. The van der Waals surface area contributed by atoms with E-state index in [0.29, 0.717) is 27.3 Å². The Morgan fingerprint density at radius 1 is 0.889 bits per heavy atom. The second-order valence-corrected chi connectivity index (χ2v) is 9.27. The molecule has 1 aliphatic rings. The number of nitrogens with two attached hydrogens (primary N) is 1. The zero-order valence-corrected chi connectivity index (χ0v) is 25.4. The monoisotopic (exact) mass is 649 g/mol. The van der Waals surface area contributed by atoms with Gasteiger partial charge >= 0.3 is 222 Å². The first-order chi connectivity index (χ1) is 21.2. The van der Waals surface area contributed by atoms with Gasteiger partial charge in [-0.3, -0.25) is 4.79 Å². The molecule has 0 bridgehead atoms. The molecule has 3 rings (SSSR count). The van der Waals surface area contributed by atoms with Gasteiger partial charge in [0.15, 0.2) is 0 Å². The van der Waals surface area contributed by atoms with Crippen molar-refractivity contribution in [2.45, 2.75) is 50.6 Å². The number of hydrogen-bond acceptors (Lipinski definition) is 13. The van der Waals surface area contributed by atoms with Crippen molar-refractivity contribution >= 4 is 50.6 Å². The van der Waals surface area contributed by atoms with Crippen LogP contribution in [0.15, 0.2) is 60.7 Å². The molecule has 3 atom stereocenters. The molecule has 6 N–H and O–H groups in total. The molecule has 2 aromatic rings. The summed E-state index contributed by atoms with van der Waals surface area (Å²) in [6.07, 6.45) is 0.0906. The Hall–Kier alpha value is -3.82. The third kappa shape index (κ3) is 20.7. The number of benzene rings is 2. The van der Waals surface area contributed by atoms with Crippen molar-refractivity contribution in [1.82, 2.24) is 10.6 Å². The van der Waals surface area contributed by atoms with E-state index in [-0.39, 0.29) is 70.0 Å². The van der Waals surface area contributed by atoms with Crippen LogP contribution in [-0.2, 0) is 56.0 Å². The molecule has 0 aliphatic carbocycles. The van der Waals surface area contributed by atoms with Crippen molar-refractivity contribution < 1.29 is 53.0 Å². The van der Waals surface area contributed by atoms with E-state index in [0.717, 1.165) is 11.1 Å². The summed E-state index contributed by atoms with van der Waals surface area (Å²) >= 11 is 0. The van der Waals surface area contributed by atoms with Gasteiger partial charge in [0.25, 0.3) is 0 Å². The molecule has 1 heterocycles. The molecule has 0 unspecified atom stereocenters. The van der Waals surface area contributed by atoms with Gasteiger partial charge in [-0.2, -0.15) is 0 Å². The van der Waals surface area contributed by atoms with Crippen LogP contribution in [0.2, 0.25) is 0 Å². The van der Waals surface area contributed by atoms with Crippen LogP contribution in [0.25, 0.3) is 0 Å². The first-order valence-corrected chi connectivity index (χ1v) is 13.7. The Labute approximate surface area is 268 Å². The summed E-state index contributed by atoms with van der Waals surface area (Å²) < 4.78 is 34.8. The molecule has 0 amide bonds. The number of ether oxygens (including phenoxy) is 3. The third-order valence-corrected chi connectivity index (χ3v) is 5.61. The summed E-state index contributed by atoms with van der Waals surface area (Å²) in [6.45, 7) is 0.498. The van der Waals surface area contributed by atoms with Crippen molar-refractivity contribution in [2.24, 2.45) is 5.73 Å². The molecule has 45 heavy (non-hydrogen) atoms. The van der Waals surface area contributed by atoms with E-state index >= 15 is 0 Å². The van der Waals surface area contributed by atoms with E-state index in [2.05, 4.69) is 15.4 Å². The molecular weight excluding hydrogens is 611 g/mol. The second kappa shape index (κ2) is 25.5. The molecule has 244 valence electrons. The van der Waals surface area contributed by atoms with Gasteiger partial charge in [-0.1, -0.05) is 0 Å². The van der Waals surface area contributed by atoms with Crippen LogP contribution in [0.1, 0.15) is 30.4 Å². The Kier molecular flexibility index (Phi) is 23.3. The fourth-order valence-corrected chi connectivity index (χ4v) is 3.35. The van der Waals surface area contributed by atoms with Crippen LogP contribution in [0.4, 0.5) is 0 Å². The Bertz CT molecular complexity index is 1170. The van der Waals surface area contributed by atoms with Crippen LogP contribution < -0.4 is 16.4 Å². The van der Waals surface area contributed by atoms with Crippen molar-refractivity contribution in [2.75, 3.05) is 26.1 Å². The van der Waals surface area contributed by atoms with Crippen LogP contribution in [0.5, 0.6) is 0 Å². The zero-order chi connectivity index (χ0) is 32.6. The fraction of sp³-hybridized carbons (Fsp3) is 0.429. The number of nitrogens with one attached hydrogen (secondary N) is 2. The molecule has 14 nitrogen and oxygen atoms in total. The summed E-state index contributed by atoms with van der Waals surface area (Å²) in [5.41, 5.74) is 7.01. The van der Waals surface area contributed by atoms with Crippen LogP contribution in [0, 0.1) is 0 Å². The molecular formula is C28H38B2ClN3O11. The molecule has 0 spiro atoms. The molecule has 0 radical (unpaired) electrons. The predicted molar refractivity (Wildman–Crippen MR) is 164 cm³/mol. The standard InChI is InChI=1S/C12H14BNO5.C12H16BNO4.C4H7NO2.ClH/c15-11(6-10(12(16)17)14-8-13-18)19-7-9-4-2-1-3-5-9;15-7-11(14-9-13-17)6-12(16)18-8-10-4-2-1-3-5-10;5-3-1-4(6)7-2-3;/h1-5,10,14H,6-8H2,(H,16,17);1-5,11,14-15H,6-9H2;3H,1-2,5H2;1H/t10-;11-;3-;/m000./s1. The third-order valence-electron chi connectivity index (χ3n) is 5.61. The number of carbonyl (C=O) groups excluding carboxylic acids is 3. The topological polar surface area (TPSA) is 221 Å². The van der Waals surface area contributed by atoms with Crippen LogP contribution in [0.3, 0.4) is 0 Å². The summed E-state index contributed by atoms with van der Waals surface area (Å²) in [5.74, 6) is -2.41. The molecule has 0 aromatic heterocycles. The van der Waals surface area contributed by atoms with E-state index in [1.807, 2.05) is 48.5 Å². The average Bonchev–Trinajstić information content (AvgIpc) is 3.42. The number of hydrogen-bond donors (Lipinski definition) is 5. The summed E-state index contributed by atoms with van der Waals surface area (Å²) in [7, 11) is 1.21. The minimum absolute atomic E-state index is 0. The van der Waals surface area contributed by atoms with Gasteiger partial charge in [0.1, 0.15) is 6.61 Å². The molecule has 17 heteroatoms. The SMILES string of the molecule is Cl.N[C@@H]1COC(=O)C1.O=BCN[C@@H](CC(=O)OCc1ccccc1)C(=O)O.O=BCN[C@H](CO)CC(=O)OCc1ccccc1. The Balaban J connectivity index is 0.000000696. The van der Waals surface area contributed by atoms with E-state index in [9.17, 15) is 28.6 Å². The van der Waals surface area contributed by atoms with Crippen molar-refractivity contribution in [3.8, 4) is 0 Å². The van der Waals surface area contributed by atoms with Crippen LogP contribution in [-0.4, -0.2) is 92.6 Å². The number of rotatable bonds is 16. The van der Waals surface area contributed by atoms with Crippen molar-refractivity contribution in [3.63, 3.8) is 0 Å². The van der Waals surface area contributed by atoms with Crippen molar-refractivity contribution in [3.05, 3.63) is 71.8 Å². The second-order valence-electron chi connectivity index (χ2n) is 9.27. The van der Waals surface area contributed by atoms with E-state index in [1.165, 1.54) is 0 Å². The maximum atomic E-state index is 11.5. The van der Waals surface area contributed by atoms with Crippen LogP contribution >= 0.6 is 12.4 Å².